The molecule has 0 bridgehead atoms. The number of thiazole rings is 1. The molecular formula is C17H18N4O3S2. The van der Waals surface area contributed by atoms with Gasteiger partial charge in [0.1, 0.15) is 5.75 Å². The van der Waals surface area contributed by atoms with E-state index in [9.17, 15) is 5.11 Å². The fourth-order valence-electron chi connectivity index (χ4n) is 2.04. The van der Waals surface area contributed by atoms with E-state index in [1.165, 1.54) is 23.1 Å². The third-order valence-corrected chi connectivity index (χ3v) is 5.43. The number of ether oxygens (including phenoxy) is 1. The minimum atomic E-state index is -0.289. The minimum Gasteiger partial charge on any atom is -0.861 e. The zero-order valence-corrected chi connectivity index (χ0v) is 16.2. The largest absolute Gasteiger partial charge is 0.861 e. The normalized spacial score (nSPS) is 11.9. The molecule has 0 aliphatic rings. The molecule has 9 heteroatoms. The highest BCUT2D eigenvalue weighted by Gasteiger charge is 2.14. The van der Waals surface area contributed by atoms with Gasteiger partial charge < -0.3 is 9.84 Å². The lowest BCUT2D eigenvalue weighted by molar-refractivity contribution is -0.779. The molecule has 3 aromatic rings. The molecule has 1 aromatic carbocycles. The molecule has 26 heavy (non-hydrogen) atoms. The second kappa shape index (κ2) is 8.33. The average Bonchev–Trinajstić information content (AvgIpc) is 3.29. The van der Waals surface area contributed by atoms with Gasteiger partial charge in [-0.15, -0.1) is 11.3 Å². The van der Waals surface area contributed by atoms with Gasteiger partial charge in [0, 0.05) is 16.7 Å². The number of hydrogen-bond acceptors (Lipinski definition) is 8. The first-order valence-electron chi connectivity index (χ1n) is 7.90. The van der Waals surface area contributed by atoms with Gasteiger partial charge in [-0.2, -0.15) is 0 Å². The molecule has 3 rings (SSSR count). The predicted molar refractivity (Wildman–Crippen MR) is 99.0 cm³/mol. The molecule has 2 heterocycles. The van der Waals surface area contributed by atoms with Gasteiger partial charge >= 0.3 is 5.88 Å². The molecule has 0 saturated heterocycles. The fourth-order valence-corrected chi connectivity index (χ4v) is 3.66. The van der Waals surface area contributed by atoms with Gasteiger partial charge in [0.15, 0.2) is 10.4 Å². The van der Waals surface area contributed by atoms with Gasteiger partial charge in [0.2, 0.25) is 5.27 Å². The number of aromatic nitrogens is 3. The first kappa shape index (κ1) is 18.4. The summed E-state index contributed by atoms with van der Waals surface area (Å²) in [4.78, 5) is 8.46. The number of methoxy groups -OCH3 is 1. The van der Waals surface area contributed by atoms with Crippen molar-refractivity contribution in [3.8, 4) is 17.0 Å². The monoisotopic (exact) mass is 390 g/mol. The summed E-state index contributed by atoms with van der Waals surface area (Å²) in [5.41, 5.74) is 1.88. The molecule has 0 aliphatic heterocycles. The Bertz CT molecular complexity index is 888. The molecule has 0 radical (unpaired) electrons. The van der Waals surface area contributed by atoms with Crippen molar-refractivity contribution >= 4 is 34.9 Å². The Morgan fingerprint density at radius 1 is 1.38 bits per heavy atom. The smallest absolute Gasteiger partial charge is 0.320 e. The van der Waals surface area contributed by atoms with Crippen molar-refractivity contribution in [2.45, 2.75) is 24.2 Å². The first-order valence-corrected chi connectivity index (χ1v) is 9.77. The van der Waals surface area contributed by atoms with Gasteiger partial charge in [-0.3, -0.25) is 4.52 Å². The van der Waals surface area contributed by atoms with E-state index >= 15 is 0 Å². The quantitative estimate of drug-likeness (QED) is 0.267. The van der Waals surface area contributed by atoms with Gasteiger partial charge in [-0.05, 0) is 48.7 Å². The van der Waals surface area contributed by atoms with Crippen LogP contribution in [0.25, 0.3) is 11.3 Å². The van der Waals surface area contributed by atoms with Gasteiger partial charge in [-0.1, -0.05) is 11.8 Å². The van der Waals surface area contributed by atoms with E-state index in [1.54, 1.807) is 18.0 Å². The molecule has 0 amide bonds. The van der Waals surface area contributed by atoms with Crippen molar-refractivity contribution in [1.29, 1.82) is 0 Å². The Hall–Kier alpha value is -2.39. The number of hydrogen-bond donors (Lipinski definition) is 0. The average molecular weight is 390 g/mol. The van der Waals surface area contributed by atoms with Crippen LogP contribution in [-0.4, -0.2) is 29.0 Å². The summed E-state index contributed by atoms with van der Waals surface area (Å²) in [5.74, 6) is 0.917. The molecular weight excluding hydrogens is 372 g/mol. The maximum atomic E-state index is 12.0. The van der Waals surface area contributed by atoms with Crippen molar-refractivity contribution in [2.75, 3.05) is 12.9 Å². The Morgan fingerprint density at radius 2 is 2.15 bits per heavy atom. The van der Waals surface area contributed by atoms with Crippen LogP contribution in [0.15, 0.2) is 49.7 Å². The number of thioether (sulfide) groups is 1. The van der Waals surface area contributed by atoms with Crippen molar-refractivity contribution in [2.24, 2.45) is 4.99 Å². The van der Waals surface area contributed by atoms with E-state index in [2.05, 4.69) is 15.2 Å². The molecule has 136 valence electrons. The highest BCUT2D eigenvalue weighted by molar-refractivity contribution is 8.01. The summed E-state index contributed by atoms with van der Waals surface area (Å²) in [6, 6.07) is 7.85. The Morgan fingerprint density at radius 3 is 2.81 bits per heavy atom. The molecule has 0 atom stereocenters. The van der Waals surface area contributed by atoms with E-state index < -0.39 is 0 Å². The van der Waals surface area contributed by atoms with Crippen LogP contribution < -0.4 is 14.5 Å². The van der Waals surface area contributed by atoms with Crippen molar-refractivity contribution in [3.05, 3.63) is 35.8 Å². The summed E-state index contributed by atoms with van der Waals surface area (Å²) in [6.07, 6.45) is 1.61. The molecule has 0 aliphatic carbocycles. The molecule has 0 spiro atoms. The lowest BCUT2D eigenvalue weighted by atomic mass is 10.2. The lowest BCUT2D eigenvalue weighted by Crippen LogP contribution is -2.36. The van der Waals surface area contributed by atoms with Crippen LogP contribution in [0.3, 0.4) is 0 Å². The maximum Gasteiger partial charge on any atom is 0.320 e. The predicted octanol–water partition coefficient (Wildman–Crippen LogP) is 2.86. The Balaban J connectivity index is 1.60. The zero-order valence-electron chi connectivity index (χ0n) is 14.6. The van der Waals surface area contributed by atoms with Gasteiger partial charge in [-0.25, -0.2) is 9.98 Å². The Kier molecular flexibility index (Phi) is 5.89. The highest BCUT2D eigenvalue weighted by atomic mass is 32.2. The maximum absolute atomic E-state index is 12.0. The van der Waals surface area contributed by atoms with Gasteiger partial charge in [0.25, 0.3) is 6.20 Å². The lowest BCUT2D eigenvalue weighted by Gasteiger charge is -2.06. The SMILES string of the molecule is COc1ccc(-c2csc(SC/C([O-])=N\c3c[n+](C(C)C)no3)n2)cc1. The molecule has 0 saturated carbocycles. The van der Waals surface area contributed by atoms with E-state index in [1.807, 2.05) is 43.5 Å². The molecule has 7 nitrogen and oxygen atoms in total. The summed E-state index contributed by atoms with van der Waals surface area (Å²) in [5, 5.41) is 17.8. The van der Waals surface area contributed by atoms with Crippen LogP contribution in [0.1, 0.15) is 19.9 Å². The van der Waals surface area contributed by atoms with E-state index in [0.717, 1.165) is 21.3 Å². The summed E-state index contributed by atoms with van der Waals surface area (Å²) in [7, 11) is 1.63. The molecule has 2 aromatic heterocycles. The van der Waals surface area contributed by atoms with Crippen LogP contribution in [0.2, 0.25) is 0 Å². The van der Waals surface area contributed by atoms with Crippen LogP contribution >= 0.6 is 23.1 Å². The second-order valence-electron chi connectivity index (χ2n) is 5.64. The summed E-state index contributed by atoms with van der Waals surface area (Å²) in [6.45, 7) is 3.93. The first-order chi connectivity index (χ1) is 12.5. The number of rotatable bonds is 7. The number of aliphatic imine (C=N–C) groups is 1. The third-order valence-electron chi connectivity index (χ3n) is 3.42. The highest BCUT2D eigenvalue weighted by Crippen LogP contribution is 2.29. The minimum absolute atomic E-state index is 0.152. The van der Waals surface area contributed by atoms with E-state index in [0.29, 0.717) is 0 Å². The second-order valence-corrected chi connectivity index (χ2v) is 7.72. The topological polar surface area (TPSA) is 87.5 Å². The summed E-state index contributed by atoms with van der Waals surface area (Å²) < 4.78 is 12.6. The van der Waals surface area contributed by atoms with Crippen molar-refractivity contribution < 1.29 is 19.0 Å². The number of benzene rings is 1. The summed E-state index contributed by atoms with van der Waals surface area (Å²) >= 11 is 2.85. The fraction of sp³-hybridized carbons (Fsp3) is 0.294. The van der Waals surface area contributed by atoms with E-state index in [-0.39, 0.29) is 23.6 Å². The molecule has 0 N–H and O–H groups in total. The van der Waals surface area contributed by atoms with Crippen LogP contribution in [0, 0.1) is 0 Å². The van der Waals surface area contributed by atoms with Crippen LogP contribution in [0.4, 0.5) is 5.88 Å². The molecule has 0 unspecified atom stereocenters. The molecule has 0 fully saturated rings. The van der Waals surface area contributed by atoms with Crippen LogP contribution in [-0.2, 0) is 0 Å². The van der Waals surface area contributed by atoms with Crippen LogP contribution in [0.5, 0.6) is 5.75 Å². The van der Waals surface area contributed by atoms with Gasteiger partial charge in [0.05, 0.1) is 12.8 Å². The number of nitrogens with zero attached hydrogens (tertiary/aromatic N) is 4. The van der Waals surface area contributed by atoms with Crippen molar-refractivity contribution in [3.63, 3.8) is 0 Å². The third kappa shape index (κ3) is 4.61. The zero-order chi connectivity index (χ0) is 18.5. The van der Waals surface area contributed by atoms with Crippen molar-refractivity contribution in [1.82, 2.24) is 10.3 Å². The van der Waals surface area contributed by atoms with E-state index in [4.69, 9.17) is 9.26 Å². The Labute approximate surface area is 159 Å². The standard InChI is InChI=1S/C17H18N4O3S2/c1-11(2)21-8-16(24-20-21)19-15(22)10-26-17-18-14(9-25-17)12-4-6-13(23-3)7-5-12/h4-9,11H,10H2,1-3H3.